The molecule has 1 radical (unpaired) electrons. The zero-order valence-electron chi connectivity index (χ0n) is 21.0. The molecule has 39 heavy (non-hydrogen) atoms. The molecule has 0 atom stereocenters. The van der Waals surface area contributed by atoms with Crippen LogP contribution < -0.4 is 0 Å². The molecule has 1 saturated heterocycles. The van der Waals surface area contributed by atoms with Crippen molar-refractivity contribution in [2.75, 3.05) is 18.3 Å². The molecule has 2 nitrogen and oxygen atoms in total. The average molecular weight is 776 g/mol. The Balaban J connectivity index is -0.00000000788. The van der Waals surface area contributed by atoms with Gasteiger partial charge in [-0.25, -0.2) is 0 Å². The standard InChI is InChI=1S/C10H21NO.C3H6S2.3C2H6.CH3I.12CH4.CH3.Co/c1-9(2)7-6-8-10(3,4)11(9)12-5;1-3(4)5-2;4*1-2;;;;;;;;;;;;;;/h6-8H2,1-5H3;1-2H3;3*1-2H3;1H3;12*1H4;1H3;/q;;;;;;;;;;;;;;;;;;-1;. The van der Waals surface area contributed by atoms with Crippen molar-refractivity contribution in [1.82, 2.24) is 5.06 Å². The van der Waals surface area contributed by atoms with Crippen LogP contribution in [-0.4, -0.2) is 38.6 Å². The molecule has 0 N–H and O–H groups in total. The predicted molar refractivity (Wildman–Crippen MR) is 224 cm³/mol. The van der Waals surface area contributed by atoms with Gasteiger partial charge in [-0.05, 0) is 65.1 Å². The zero-order chi connectivity index (χ0) is 21.7. The van der Waals surface area contributed by atoms with Crippen molar-refractivity contribution < 1.29 is 21.6 Å². The number of hydroxylamine groups is 2. The summed E-state index contributed by atoms with van der Waals surface area (Å²) >= 11 is 8.42. The Morgan fingerprint density at radius 1 is 0.667 bits per heavy atom. The monoisotopic (exact) mass is 776 g/mol. The molecule has 1 aliphatic heterocycles. The van der Waals surface area contributed by atoms with Crippen LogP contribution in [0.4, 0.5) is 0 Å². The van der Waals surface area contributed by atoms with Gasteiger partial charge in [0, 0.05) is 32.1 Å². The van der Waals surface area contributed by atoms with E-state index in [0.717, 1.165) is 4.20 Å². The molecule has 0 aromatic heterocycles. The Morgan fingerprint density at radius 2 is 0.821 bits per heavy atom. The van der Waals surface area contributed by atoms with Crippen LogP contribution in [0.5, 0.6) is 0 Å². The van der Waals surface area contributed by atoms with Crippen LogP contribution in [0.3, 0.4) is 0 Å². The first-order chi connectivity index (χ1) is 11.7. The normalized spacial score (nSPS) is 10.4. The number of thiocarbonyl (C=S) groups is 1. The summed E-state index contributed by atoms with van der Waals surface area (Å²) in [4.78, 5) is 7.42. The summed E-state index contributed by atoms with van der Waals surface area (Å²) < 4.78 is 1.00. The summed E-state index contributed by atoms with van der Waals surface area (Å²) in [6, 6.07) is 0. The topological polar surface area (TPSA) is 12.5 Å². The molecule has 0 aromatic rings. The fourth-order valence-electron chi connectivity index (χ4n) is 2.47. The number of nitrogens with zero attached hydrogens (tertiary/aromatic N) is 1. The molecule has 0 amide bonds. The zero-order valence-corrected chi connectivity index (χ0v) is 25.8. The van der Waals surface area contributed by atoms with Gasteiger partial charge < -0.3 is 12.3 Å². The molecule has 0 bridgehead atoms. The van der Waals surface area contributed by atoms with E-state index in [9.17, 15) is 0 Å². The van der Waals surface area contributed by atoms with Crippen LogP contribution >= 0.6 is 46.6 Å². The molecule has 0 aromatic carbocycles. The number of hydrogen-bond donors (Lipinski definition) is 0. The van der Waals surface area contributed by atoms with Crippen molar-refractivity contribution in [3.63, 3.8) is 0 Å². The van der Waals surface area contributed by atoms with Crippen molar-refractivity contribution in [2.24, 2.45) is 0 Å². The molecule has 0 unspecified atom stereocenters. The molecule has 0 saturated carbocycles. The number of hydrogen-bond acceptors (Lipinski definition) is 4. The molecule has 1 aliphatic rings. The minimum atomic E-state index is 0. The van der Waals surface area contributed by atoms with Crippen molar-refractivity contribution in [2.45, 2.75) is 196 Å². The minimum Gasteiger partial charge on any atom is -0.358 e. The molecule has 1 rings (SSSR count). The van der Waals surface area contributed by atoms with Crippen LogP contribution in [-0.2, 0) is 21.6 Å². The summed E-state index contributed by atoms with van der Waals surface area (Å²) in [6.45, 7) is 22.9. The summed E-state index contributed by atoms with van der Waals surface area (Å²) in [7, 11) is 1.77. The maximum absolute atomic E-state index is 5.46. The van der Waals surface area contributed by atoms with E-state index in [4.69, 9.17) is 4.84 Å². The fourth-order valence-corrected chi connectivity index (χ4v) is 2.47. The fraction of sp³-hybridized carbons (Fsp3) is 0.939. The van der Waals surface area contributed by atoms with E-state index >= 15 is 0 Å². The Bertz CT molecular complexity index is 254. The van der Waals surface area contributed by atoms with Gasteiger partial charge in [0.2, 0.25) is 0 Å². The first-order valence-corrected chi connectivity index (χ1v) is 13.2. The van der Waals surface area contributed by atoms with Crippen LogP contribution in [0.25, 0.3) is 0 Å². The molecular formula is C33H99CoINOS2-. The van der Waals surface area contributed by atoms with Gasteiger partial charge in [0.15, 0.2) is 0 Å². The number of piperidine rings is 1. The van der Waals surface area contributed by atoms with Gasteiger partial charge in [-0.3, -0.25) is 0 Å². The molecule has 1 heterocycles. The van der Waals surface area contributed by atoms with Gasteiger partial charge in [0.05, 0.1) is 7.11 Å². The number of rotatable bonds is 1. The Morgan fingerprint density at radius 3 is 0.897 bits per heavy atom. The van der Waals surface area contributed by atoms with E-state index in [1.807, 2.05) is 59.7 Å². The van der Waals surface area contributed by atoms with Crippen molar-refractivity contribution in [3.05, 3.63) is 7.43 Å². The molecule has 0 spiro atoms. The molecular weight excluding hydrogens is 676 g/mol. The van der Waals surface area contributed by atoms with Gasteiger partial charge in [0.1, 0.15) is 0 Å². The smallest absolute Gasteiger partial charge is 0.0575 e. The number of halogens is 1. The summed E-state index contributed by atoms with van der Waals surface area (Å²) in [5.74, 6) is 0. The van der Waals surface area contributed by atoms with Crippen LogP contribution in [0.1, 0.15) is 185 Å². The first kappa shape index (κ1) is 136. The third kappa shape index (κ3) is 85.4. The summed E-state index contributed by atoms with van der Waals surface area (Å²) in [5, 5.41) is 2.14. The van der Waals surface area contributed by atoms with Gasteiger partial charge in [-0.2, -0.15) is 5.06 Å². The predicted octanol–water partition coefficient (Wildman–Crippen LogP) is 16.5. The van der Waals surface area contributed by atoms with E-state index in [1.54, 1.807) is 18.9 Å². The van der Waals surface area contributed by atoms with E-state index < -0.39 is 0 Å². The maximum Gasteiger partial charge on any atom is 0.0575 e. The van der Waals surface area contributed by atoms with E-state index in [1.165, 1.54) is 19.3 Å². The quantitative estimate of drug-likeness (QED) is 0.114. The maximum atomic E-state index is 5.46. The average Bonchev–Trinajstić information content (AvgIpc) is 2.61. The van der Waals surface area contributed by atoms with E-state index in [-0.39, 0.29) is 124 Å². The van der Waals surface area contributed by atoms with Gasteiger partial charge in [-0.15, -0.1) is 11.8 Å². The van der Waals surface area contributed by atoms with Crippen molar-refractivity contribution >= 4 is 50.8 Å². The molecule has 0 aliphatic carbocycles. The number of thioether (sulfide) groups is 1. The summed E-state index contributed by atoms with van der Waals surface area (Å²) in [6.07, 6.45) is 5.73. The third-order valence-corrected chi connectivity index (χ3v) is 4.22. The second kappa shape index (κ2) is 97.5. The summed E-state index contributed by atoms with van der Waals surface area (Å²) in [5.41, 5.74) is 0.382. The Hall–Kier alpha value is 1.60. The molecule has 6 heteroatoms. The Labute approximate surface area is 296 Å². The van der Waals surface area contributed by atoms with Crippen LogP contribution in [0.2, 0.25) is 0 Å². The SMILES string of the molecule is C.C.C.C.C.C.C.C.C.C.C.C.CC.CC.CC.CI.CON1C(C)(C)CCCC1(C)C.CSC(C)=S.[CH3-].[Co]. The minimum absolute atomic E-state index is 0. The van der Waals surface area contributed by atoms with Gasteiger partial charge >= 0.3 is 0 Å². The largest absolute Gasteiger partial charge is 0.358 e. The third-order valence-electron chi connectivity index (χ3n) is 3.15. The van der Waals surface area contributed by atoms with E-state index in [2.05, 4.69) is 67.6 Å². The first-order valence-electron chi connectivity index (χ1n) is 9.44. The second-order valence-electron chi connectivity index (χ2n) is 5.65. The van der Waals surface area contributed by atoms with E-state index in [0.29, 0.717) is 0 Å². The molecule has 1 fully saturated rings. The second-order valence-corrected chi connectivity index (χ2v) is 7.54. The van der Waals surface area contributed by atoms with Crippen LogP contribution in [0, 0.1) is 7.43 Å². The van der Waals surface area contributed by atoms with Gasteiger partial charge in [0.25, 0.3) is 0 Å². The Kier molecular flexibility index (Phi) is 341. The van der Waals surface area contributed by atoms with Crippen molar-refractivity contribution in [3.8, 4) is 0 Å². The van der Waals surface area contributed by atoms with Gasteiger partial charge in [-0.1, -0.05) is 165 Å². The molecule has 271 valence electrons. The van der Waals surface area contributed by atoms with Crippen LogP contribution in [0.15, 0.2) is 0 Å². The number of alkyl halides is 1. The van der Waals surface area contributed by atoms with Crippen molar-refractivity contribution in [1.29, 1.82) is 0 Å².